The van der Waals surface area contributed by atoms with E-state index >= 15 is 0 Å². The highest BCUT2D eigenvalue weighted by Gasteiger charge is 1.39. The second-order valence-electron chi connectivity index (χ2n) is 0.163. The van der Waals surface area contributed by atoms with Crippen molar-refractivity contribution < 1.29 is 0 Å². The summed E-state index contributed by atoms with van der Waals surface area (Å²) in [5.41, 5.74) is 0. The van der Waals surface area contributed by atoms with Crippen molar-refractivity contribution in [2.24, 2.45) is 0 Å². The van der Waals surface area contributed by atoms with E-state index in [0.29, 0.717) is 0 Å². The molecule has 0 unspecified atom stereocenters. The molecule has 0 bridgehead atoms. The normalized spacial score (nSPS) is 5.14. The molecular weight excluding hydrogens is 162 g/mol. The van der Waals surface area contributed by atoms with Gasteiger partial charge >= 0.3 is 0 Å². The number of rotatable bonds is 1. The molecule has 0 atom stereocenters. The summed E-state index contributed by atoms with van der Waals surface area (Å²) in [7, 11) is 1.74. The Labute approximate surface area is 60.3 Å². The fourth-order valence-electron chi connectivity index (χ4n) is 0. The molecule has 0 heterocycles. The first-order chi connectivity index (χ1) is 1.91. The molecule has 4 heteroatoms. The highest BCUT2D eigenvalue weighted by molar-refractivity contribution is 8.40. The molecule has 7 heavy (non-hydrogen) atoms. The van der Waals surface area contributed by atoms with Crippen LogP contribution in [0.4, 0.5) is 0 Å². The zero-order valence-electron chi connectivity index (χ0n) is 1.71. The van der Waals surface area contributed by atoms with E-state index in [0.717, 1.165) is 14.1 Å². The van der Waals surface area contributed by atoms with Crippen molar-refractivity contribution in [3.8, 4) is 0 Å². The van der Waals surface area contributed by atoms with E-state index in [9.17, 15) is 0 Å². The van der Waals surface area contributed by atoms with Crippen LogP contribution in [0, 0.1) is 0 Å². The molecule has 0 aromatic heterocycles. The van der Waals surface area contributed by atoms with Crippen molar-refractivity contribution in [3.63, 3.8) is 0 Å². The molecule has 0 aliphatic heterocycles. The van der Waals surface area contributed by atoms with Crippen molar-refractivity contribution in [1.82, 2.24) is 0 Å². The van der Waals surface area contributed by atoms with Crippen LogP contribution >= 0.6 is 14.1 Å². The lowest BCUT2D eigenvalue weighted by atomic mass is 12.0. The van der Waals surface area contributed by atoms with E-state index in [1.807, 2.05) is 0 Å². The third kappa shape index (κ3) is 43.0. The number of hydrogen-bond donors (Lipinski definition) is 0. The summed E-state index contributed by atoms with van der Waals surface area (Å²) in [6.07, 6.45) is 0. The van der Waals surface area contributed by atoms with Gasteiger partial charge in [0.2, 0.25) is 0 Å². The first kappa shape index (κ1) is 24.4. The monoisotopic (exact) mass is 174 g/mol. The lowest BCUT2D eigenvalue weighted by molar-refractivity contribution is 2.50. The van der Waals surface area contributed by atoms with Crippen molar-refractivity contribution >= 4 is 37.7 Å². The maximum atomic E-state index is 4.41. The van der Waals surface area contributed by atoms with Crippen LogP contribution in [0.1, 0.15) is 22.3 Å². The van der Waals surface area contributed by atoms with Gasteiger partial charge in [-0.05, 0) is 23.6 Å². The van der Waals surface area contributed by atoms with Crippen LogP contribution in [0.5, 0.6) is 0 Å². The van der Waals surface area contributed by atoms with Gasteiger partial charge in [0.25, 0.3) is 0 Å². The summed E-state index contributed by atoms with van der Waals surface area (Å²) in [5.74, 6) is 0. The van der Waals surface area contributed by atoms with Crippen LogP contribution in [0.25, 0.3) is 0 Å². The Morgan fingerprint density at radius 1 is 0.714 bits per heavy atom. The molecule has 0 aromatic rings. The topological polar surface area (TPSA) is 0 Å². The summed E-state index contributed by atoms with van der Waals surface area (Å²) in [4.78, 5) is 0. The van der Waals surface area contributed by atoms with Crippen LogP contribution in [-0.2, 0) is 23.6 Å². The second kappa shape index (κ2) is 27.8. The molecule has 0 aromatic carbocycles. The minimum Gasteiger partial charge on any atom is -0.0776 e. The molecular formula is C3H12P2S2. The van der Waals surface area contributed by atoms with E-state index in [4.69, 9.17) is 0 Å². The predicted molar refractivity (Wildman–Crippen MR) is 48.8 cm³/mol. The molecule has 0 radical (unpaired) electrons. The van der Waals surface area contributed by atoms with Crippen molar-refractivity contribution in [2.45, 2.75) is 22.3 Å². The van der Waals surface area contributed by atoms with E-state index in [1.165, 1.54) is 0 Å². The maximum absolute atomic E-state index is 4.41. The van der Waals surface area contributed by atoms with Crippen molar-refractivity contribution in [3.05, 3.63) is 0 Å². The Balaban J connectivity index is -0.0000000150. The first-order valence-electron chi connectivity index (χ1n) is 0.565. The van der Waals surface area contributed by atoms with Gasteiger partial charge in [0.05, 0.1) is 0 Å². The largest absolute Gasteiger partial charge is 0.0776 e. The molecule has 0 saturated heterocycles. The van der Waals surface area contributed by atoms with Gasteiger partial charge in [-0.3, -0.25) is 0 Å². The standard InChI is InChI=1S/3CH4.P2S2/c;;;3-1-2-4/h3*1H4;. The maximum Gasteiger partial charge on any atom is 0.0464 e. The first-order valence-corrected chi connectivity index (χ1v) is 5.09. The van der Waals surface area contributed by atoms with Crippen molar-refractivity contribution in [1.29, 1.82) is 0 Å². The third-order valence-electron chi connectivity index (χ3n) is 0.0333. The lowest BCUT2D eigenvalue weighted by Crippen LogP contribution is -0.780. The Morgan fingerprint density at radius 3 is 0.857 bits per heavy atom. The highest BCUT2D eigenvalue weighted by Crippen LogP contribution is 2.10. The Hall–Kier alpha value is 1.04. The molecule has 0 nitrogen and oxygen atoms in total. The van der Waals surface area contributed by atoms with Gasteiger partial charge in [0, 0.05) is 14.1 Å². The van der Waals surface area contributed by atoms with Gasteiger partial charge in [-0.15, -0.1) is 0 Å². The summed E-state index contributed by atoms with van der Waals surface area (Å²) in [6.45, 7) is 0. The molecule has 0 amide bonds. The van der Waals surface area contributed by atoms with E-state index in [1.54, 1.807) is 0 Å². The van der Waals surface area contributed by atoms with Gasteiger partial charge < -0.3 is 0 Å². The van der Waals surface area contributed by atoms with Gasteiger partial charge in [0.15, 0.2) is 0 Å². The van der Waals surface area contributed by atoms with Gasteiger partial charge in [-0.1, -0.05) is 22.3 Å². The third-order valence-corrected chi connectivity index (χ3v) is 2.70. The quantitative estimate of drug-likeness (QED) is 0.557. The minimum atomic E-state index is 0. The molecule has 0 N–H and O–H groups in total. The predicted octanol–water partition coefficient (Wildman–Crippen LogP) is 3.63. The van der Waals surface area contributed by atoms with Crippen LogP contribution in [0.3, 0.4) is 0 Å². The molecule has 0 fully saturated rings. The Morgan fingerprint density at radius 2 is 0.857 bits per heavy atom. The molecule has 0 rings (SSSR count). The zero-order valence-corrected chi connectivity index (χ0v) is 5.13. The van der Waals surface area contributed by atoms with E-state index < -0.39 is 0 Å². The highest BCUT2D eigenvalue weighted by atomic mass is 32.7. The summed E-state index contributed by atoms with van der Waals surface area (Å²) in [5, 5.41) is 0. The van der Waals surface area contributed by atoms with Gasteiger partial charge in [-0.2, -0.15) is 0 Å². The van der Waals surface area contributed by atoms with Crippen molar-refractivity contribution in [2.75, 3.05) is 0 Å². The number of hydrogen-bond acceptors (Lipinski definition) is 2. The summed E-state index contributed by atoms with van der Waals surface area (Å²) >= 11 is 8.82. The smallest absolute Gasteiger partial charge is 0.0464 e. The lowest BCUT2D eigenvalue weighted by Gasteiger charge is -1.34. The average Bonchev–Trinajstić information content (AvgIpc) is 1.37. The van der Waals surface area contributed by atoms with Crippen LogP contribution < -0.4 is 0 Å². The molecule has 0 aliphatic rings. The molecule has 0 aliphatic carbocycles. The molecule has 0 spiro atoms. The summed E-state index contributed by atoms with van der Waals surface area (Å²) in [6, 6.07) is 0. The average molecular weight is 174 g/mol. The van der Waals surface area contributed by atoms with Gasteiger partial charge in [0.1, 0.15) is 0 Å². The van der Waals surface area contributed by atoms with Gasteiger partial charge in [-0.25, -0.2) is 0 Å². The zero-order chi connectivity index (χ0) is 3.41. The van der Waals surface area contributed by atoms with Crippen LogP contribution in [0.2, 0.25) is 0 Å². The molecule has 46 valence electrons. The van der Waals surface area contributed by atoms with Crippen LogP contribution in [0.15, 0.2) is 0 Å². The molecule has 0 saturated carbocycles. The van der Waals surface area contributed by atoms with Crippen LogP contribution in [-0.4, -0.2) is 0 Å². The van der Waals surface area contributed by atoms with E-state index in [2.05, 4.69) is 23.6 Å². The van der Waals surface area contributed by atoms with E-state index in [-0.39, 0.29) is 22.3 Å². The summed E-state index contributed by atoms with van der Waals surface area (Å²) < 4.78 is 0. The second-order valence-corrected chi connectivity index (χ2v) is 4.41. The fraction of sp³-hybridized carbons (Fsp3) is 1.00. The minimum absolute atomic E-state index is 0. The SMILES string of the molecule is C.C.C.S=PP=S. The Bertz CT molecular complexity index is 31.9. The fourth-order valence-corrected chi connectivity index (χ4v) is 0. The Kier molecular flexibility index (Phi) is 96.9.